The fourth-order valence-electron chi connectivity index (χ4n) is 2.48. The van der Waals surface area contributed by atoms with Crippen LogP contribution in [-0.2, 0) is 20.7 Å². The van der Waals surface area contributed by atoms with Gasteiger partial charge in [-0.15, -0.1) is 0 Å². The Morgan fingerprint density at radius 3 is 2.79 bits per heavy atom. The van der Waals surface area contributed by atoms with Crippen LogP contribution in [0.5, 0.6) is 0 Å². The Morgan fingerprint density at radius 2 is 2.05 bits per heavy atom. The van der Waals surface area contributed by atoms with E-state index in [1.54, 1.807) is 4.90 Å². The van der Waals surface area contributed by atoms with Crippen molar-refractivity contribution in [3.8, 4) is 0 Å². The molecule has 0 spiro atoms. The third-order valence-corrected chi connectivity index (χ3v) is 3.42. The molecular weight excluding hydrogens is 242 g/mol. The largest absolute Gasteiger partial charge is 0.469 e. The first-order valence-corrected chi connectivity index (χ1v) is 6.57. The molecular formula is C15H19NO3. The molecule has 1 amide bonds. The van der Waals surface area contributed by atoms with Crippen LogP contribution in [0.4, 0.5) is 5.69 Å². The maximum absolute atomic E-state index is 12.2. The average Bonchev–Trinajstić information content (AvgIpc) is 2.43. The van der Waals surface area contributed by atoms with Crippen molar-refractivity contribution in [1.82, 2.24) is 0 Å². The van der Waals surface area contributed by atoms with Crippen LogP contribution in [0.15, 0.2) is 24.3 Å². The topological polar surface area (TPSA) is 46.6 Å². The van der Waals surface area contributed by atoms with E-state index in [4.69, 9.17) is 0 Å². The zero-order valence-electron chi connectivity index (χ0n) is 11.4. The number of ether oxygens (including phenoxy) is 1. The monoisotopic (exact) mass is 261 g/mol. The molecule has 1 aliphatic heterocycles. The molecule has 1 heterocycles. The van der Waals surface area contributed by atoms with Crippen molar-refractivity contribution in [2.75, 3.05) is 18.6 Å². The first-order valence-electron chi connectivity index (χ1n) is 6.57. The van der Waals surface area contributed by atoms with Gasteiger partial charge in [-0.25, -0.2) is 0 Å². The molecule has 102 valence electrons. The van der Waals surface area contributed by atoms with Gasteiger partial charge in [0.2, 0.25) is 5.91 Å². The number of amides is 1. The molecule has 2 rings (SSSR count). The Morgan fingerprint density at radius 1 is 1.32 bits per heavy atom. The lowest BCUT2D eigenvalue weighted by Gasteiger charge is -2.33. The van der Waals surface area contributed by atoms with Crippen molar-refractivity contribution in [1.29, 1.82) is 0 Å². The van der Waals surface area contributed by atoms with Crippen molar-refractivity contribution in [3.05, 3.63) is 29.8 Å². The van der Waals surface area contributed by atoms with E-state index in [0.29, 0.717) is 5.92 Å². The van der Waals surface area contributed by atoms with Crippen LogP contribution in [0, 0.1) is 5.92 Å². The first-order chi connectivity index (χ1) is 9.11. The Balaban J connectivity index is 2.11. The summed E-state index contributed by atoms with van der Waals surface area (Å²) >= 11 is 0. The van der Waals surface area contributed by atoms with E-state index in [1.807, 2.05) is 18.2 Å². The van der Waals surface area contributed by atoms with Crippen LogP contribution in [0.1, 0.15) is 25.3 Å². The molecule has 4 heteroatoms. The highest BCUT2D eigenvalue weighted by atomic mass is 16.5. The molecule has 0 saturated heterocycles. The van der Waals surface area contributed by atoms with Gasteiger partial charge < -0.3 is 9.64 Å². The fraction of sp³-hybridized carbons (Fsp3) is 0.467. The second kappa shape index (κ2) is 5.87. The van der Waals surface area contributed by atoms with Gasteiger partial charge in [0.15, 0.2) is 0 Å². The first kappa shape index (κ1) is 13.6. The molecule has 1 atom stereocenters. The molecule has 0 bridgehead atoms. The van der Waals surface area contributed by atoms with Gasteiger partial charge >= 0.3 is 5.97 Å². The summed E-state index contributed by atoms with van der Waals surface area (Å²) in [5, 5.41) is 0. The lowest BCUT2D eigenvalue weighted by atomic mass is 9.93. The Hall–Kier alpha value is -1.84. The van der Waals surface area contributed by atoms with E-state index in [1.165, 1.54) is 12.7 Å². The molecule has 0 fully saturated rings. The van der Waals surface area contributed by atoms with E-state index in [0.717, 1.165) is 18.7 Å². The summed E-state index contributed by atoms with van der Waals surface area (Å²) in [4.78, 5) is 25.2. The van der Waals surface area contributed by atoms with Crippen molar-refractivity contribution in [2.24, 2.45) is 5.92 Å². The van der Waals surface area contributed by atoms with Crippen molar-refractivity contribution in [3.63, 3.8) is 0 Å². The third-order valence-electron chi connectivity index (χ3n) is 3.42. The Bertz CT molecular complexity index is 484. The second-order valence-corrected chi connectivity index (χ2v) is 5.02. The summed E-state index contributed by atoms with van der Waals surface area (Å²) in [6.07, 6.45) is 1.34. The van der Waals surface area contributed by atoms with Crippen LogP contribution in [0.3, 0.4) is 0 Å². The number of carbonyl (C=O) groups is 2. The number of hydrogen-bond acceptors (Lipinski definition) is 3. The molecule has 4 nitrogen and oxygen atoms in total. The number of nitrogens with zero attached hydrogens (tertiary/aromatic N) is 1. The van der Waals surface area contributed by atoms with E-state index in [-0.39, 0.29) is 24.7 Å². The van der Waals surface area contributed by atoms with Gasteiger partial charge in [0.05, 0.1) is 13.5 Å². The Kier molecular flexibility index (Phi) is 4.20. The van der Waals surface area contributed by atoms with Gasteiger partial charge in [0.25, 0.3) is 0 Å². The standard InChI is InChI=1S/C15H19NO3/c1-11-9-12-5-3-4-6-13(12)16(10-11)14(17)7-8-15(18)19-2/h3-6,11H,7-10H2,1-2H3/t11-/m1/s1. The fourth-order valence-corrected chi connectivity index (χ4v) is 2.48. The number of anilines is 1. The summed E-state index contributed by atoms with van der Waals surface area (Å²) in [5.74, 6) is 0.0908. The second-order valence-electron chi connectivity index (χ2n) is 5.02. The quantitative estimate of drug-likeness (QED) is 0.783. The van der Waals surface area contributed by atoms with Crippen molar-refractivity contribution < 1.29 is 14.3 Å². The van der Waals surface area contributed by atoms with Gasteiger partial charge in [0.1, 0.15) is 0 Å². The van der Waals surface area contributed by atoms with E-state index in [2.05, 4.69) is 17.7 Å². The zero-order chi connectivity index (χ0) is 13.8. The molecule has 0 unspecified atom stereocenters. The highest BCUT2D eigenvalue weighted by Gasteiger charge is 2.26. The van der Waals surface area contributed by atoms with Crippen LogP contribution < -0.4 is 4.90 Å². The number of benzene rings is 1. The molecule has 0 saturated carbocycles. The summed E-state index contributed by atoms with van der Waals surface area (Å²) < 4.78 is 4.57. The van der Waals surface area contributed by atoms with Crippen molar-refractivity contribution >= 4 is 17.6 Å². The lowest BCUT2D eigenvalue weighted by Crippen LogP contribution is -2.39. The lowest BCUT2D eigenvalue weighted by molar-refractivity contribution is -0.141. The van der Waals surface area contributed by atoms with Crippen LogP contribution in [-0.4, -0.2) is 25.5 Å². The predicted molar refractivity (Wildman–Crippen MR) is 72.9 cm³/mol. The number of hydrogen-bond donors (Lipinski definition) is 0. The van der Waals surface area contributed by atoms with E-state index < -0.39 is 0 Å². The minimum atomic E-state index is -0.341. The van der Waals surface area contributed by atoms with Gasteiger partial charge in [-0.2, -0.15) is 0 Å². The van der Waals surface area contributed by atoms with Crippen LogP contribution in [0.25, 0.3) is 0 Å². The van der Waals surface area contributed by atoms with E-state index in [9.17, 15) is 9.59 Å². The molecule has 0 radical (unpaired) electrons. The summed E-state index contributed by atoms with van der Waals surface area (Å²) in [6.45, 7) is 2.85. The van der Waals surface area contributed by atoms with Crippen molar-refractivity contribution in [2.45, 2.75) is 26.2 Å². The van der Waals surface area contributed by atoms with Gasteiger partial charge in [-0.3, -0.25) is 9.59 Å². The summed E-state index contributed by atoms with van der Waals surface area (Å²) in [6, 6.07) is 7.96. The minimum absolute atomic E-state index is 0.00981. The number of esters is 1. The average molecular weight is 261 g/mol. The smallest absolute Gasteiger partial charge is 0.306 e. The maximum atomic E-state index is 12.2. The summed E-state index contributed by atoms with van der Waals surface area (Å²) in [7, 11) is 1.34. The third kappa shape index (κ3) is 3.13. The molecule has 19 heavy (non-hydrogen) atoms. The number of carbonyl (C=O) groups excluding carboxylic acids is 2. The highest BCUT2D eigenvalue weighted by Crippen LogP contribution is 2.29. The molecule has 1 aliphatic rings. The molecule has 0 aliphatic carbocycles. The van der Waals surface area contributed by atoms with Gasteiger partial charge in [-0.05, 0) is 24.0 Å². The number of para-hydroxylation sites is 1. The highest BCUT2D eigenvalue weighted by molar-refractivity contribution is 5.96. The zero-order valence-corrected chi connectivity index (χ0v) is 11.4. The Labute approximate surface area is 113 Å². The normalized spacial score (nSPS) is 17.8. The number of rotatable bonds is 3. The maximum Gasteiger partial charge on any atom is 0.306 e. The molecule has 0 N–H and O–H groups in total. The van der Waals surface area contributed by atoms with Crippen LogP contribution in [0.2, 0.25) is 0 Å². The van der Waals surface area contributed by atoms with Gasteiger partial charge in [0, 0.05) is 18.7 Å². The molecule has 1 aromatic carbocycles. The minimum Gasteiger partial charge on any atom is -0.469 e. The number of fused-ring (bicyclic) bond motifs is 1. The predicted octanol–water partition coefficient (Wildman–Crippen LogP) is 2.17. The van der Waals surface area contributed by atoms with Gasteiger partial charge in [-0.1, -0.05) is 25.1 Å². The summed E-state index contributed by atoms with van der Waals surface area (Å²) in [5.41, 5.74) is 2.18. The molecule has 0 aromatic heterocycles. The molecule has 1 aromatic rings. The van der Waals surface area contributed by atoms with E-state index >= 15 is 0 Å². The number of methoxy groups -OCH3 is 1. The van der Waals surface area contributed by atoms with Crippen LogP contribution >= 0.6 is 0 Å². The SMILES string of the molecule is COC(=O)CCC(=O)N1C[C@H](C)Cc2ccccc21.